The van der Waals surface area contributed by atoms with Gasteiger partial charge in [-0.05, 0) is 141 Å². The van der Waals surface area contributed by atoms with E-state index in [4.69, 9.17) is 9.97 Å². The molecule has 0 aliphatic heterocycles. The molecule has 0 amide bonds. The van der Waals surface area contributed by atoms with Gasteiger partial charge in [-0.1, -0.05) is 231 Å². The minimum Gasteiger partial charge on any atom is -0.310 e. The quantitative estimate of drug-likeness (QED) is 0.114. The molecule has 0 N–H and O–H groups in total. The molecule has 18 aromatic rings. The second-order valence-corrected chi connectivity index (χ2v) is 23.7. The van der Waals surface area contributed by atoms with Gasteiger partial charge >= 0.3 is 0 Å². The average molecular weight is 1170 g/mol. The Morgan fingerprint density at radius 3 is 0.978 bits per heavy atom. The maximum Gasteiger partial charge on any atom is 0.0722 e. The molecule has 92 heavy (non-hydrogen) atoms. The molecule has 4 aromatic heterocycles. The Morgan fingerprint density at radius 1 is 0.250 bits per heavy atom. The first-order chi connectivity index (χ1) is 45.7. The molecule has 6 nitrogen and oxygen atoms in total. The van der Waals surface area contributed by atoms with E-state index < -0.39 is 0 Å². The Kier molecular flexibility index (Phi) is 12.5. The number of pyridine rings is 2. The zero-order valence-corrected chi connectivity index (χ0v) is 50.0. The van der Waals surface area contributed by atoms with Crippen molar-refractivity contribution in [3.8, 4) is 56.1 Å². The van der Waals surface area contributed by atoms with E-state index in [0.29, 0.717) is 0 Å². The molecule has 0 bridgehead atoms. The van der Waals surface area contributed by atoms with Crippen molar-refractivity contribution in [3.63, 3.8) is 0 Å². The maximum atomic E-state index is 4.95. The number of nitrogens with zero attached hydrogens (tertiary/aromatic N) is 6. The number of anilines is 6. The van der Waals surface area contributed by atoms with Gasteiger partial charge in [0.05, 0.1) is 44.8 Å². The summed E-state index contributed by atoms with van der Waals surface area (Å²) in [6.07, 6.45) is 3.78. The predicted molar refractivity (Wildman–Crippen MR) is 386 cm³/mol. The standard InChI is InChI=1S/C86H56N6/c1-7-21-59(22-8-1)83-73-47-43-69(55-79(73)91(65-31-15-5-16-32-65)85(83)63-25-11-3-12-26-63)89(67-41-35-57-29-19-51-87-75(57)53-67)77-49-39-61-38-46-72-78(50-40-62-37-45-71(77)81(61)82(62)72)90(68-42-36-58-30-20-52-88-76(58)54-68)70-44-48-74-80(56-70)92(66-33-17-6-18-34-66)86(64-27-13-4-14-28-64)84(74)60-23-9-2-10-24-60/h1-56H. The molecule has 0 aliphatic carbocycles. The molecule has 0 saturated carbocycles. The van der Waals surface area contributed by atoms with E-state index in [1.54, 1.807) is 0 Å². The molecule has 0 fully saturated rings. The SMILES string of the molecule is c1ccc(-c2c(-c3ccccc3)n(-c3ccccc3)c3cc(N(c4ccc5cccnc5c4)c4ccc5ccc6c(N(c7ccc8cccnc8c7)c7ccc8c(-c9ccccc9)c(-c9ccccc9)n(-c9ccccc9)c8c7)ccc7ccc4c5c76)ccc23)cc1. The van der Waals surface area contributed by atoms with Crippen LogP contribution in [0.25, 0.3) is 132 Å². The first kappa shape index (κ1) is 52.7. The Bertz CT molecular complexity index is 5450. The number of benzene rings is 14. The van der Waals surface area contributed by atoms with Gasteiger partial charge in [-0.2, -0.15) is 0 Å². The number of fused-ring (bicyclic) bond motifs is 4. The van der Waals surface area contributed by atoms with Gasteiger partial charge in [-0.3, -0.25) is 9.97 Å². The summed E-state index contributed by atoms with van der Waals surface area (Å²) in [5.74, 6) is 0. The van der Waals surface area contributed by atoms with Gasteiger partial charge in [0.25, 0.3) is 0 Å². The molecule has 0 aliphatic rings. The first-order valence-corrected chi connectivity index (χ1v) is 31.4. The van der Waals surface area contributed by atoms with E-state index >= 15 is 0 Å². The molecular weight excluding hydrogens is 1120 g/mol. The van der Waals surface area contributed by atoms with Crippen LogP contribution in [0.3, 0.4) is 0 Å². The molecular formula is C86H56N6. The smallest absolute Gasteiger partial charge is 0.0722 e. The van der Waals surface area contributed by atoms with Crippen LogP contribution in [0, 0.1) is 0 Å². The summed E-state index contributed by atoms with van der Waals surface area (Å²) >= 11 is 0. The minimum atomic E-state index is 0.926. The van der Waals surface area contributed by atoms with Crippen molar-refractivity contribution in [2.75, 3.05) is 9.80 Å². The van der Waals surface area contributed by atoms with Crippen molar-refractivity contribution < 1.29 is 0 Å². The Morgan fingerprint density at radius 2 is 0.576 bits per heavy atom. The highest BCUT2D eigenvalue weighted by molar-refractivity contribution is 6.28. The van der Waals surface area contributed by atoms with Crippen LogP contribution in [0.4, 0.5) is 34.1 Å². The van der Waals surface area contributed by atoms with Gasteiger partial charge in [0.2, 0.25) is 0 Å². The summed E-state index contributed by atoms with van der Waals surface area (Å²) in [4.78, 5) is 14.8. The molecule has 4 heterocycles. The third kappa shape index (κ3) is 8.64. The number of aromatic nitrogens is 4. The summed E-state index contributed by atoms with van der Waals surface area (Å²) in [6, 6.07) is 119. The van der Waals surface area contributed by atoms with Gasteiger partial charge in [-0.25, -0.2) is 0 Å². The van der Waals surface area contributed by atoms with Crippen LogP contribution in [0.1, 0.15) is 0 Å². The zero-order chi connectivity index (χ0) is 60.6. The topological polar surface area (TPSA) is 42.1 Å². The van der Waals surface area contributed by atoms with E-state index in [9.17, 15) is 0 Å². The van der Waals surface area contributed by atoms with Gasteiger partial charge in [0.1, 0.15) is 0 Å². The zero-order valence-electron chi connectivity index (χ0n) is 50.0. The van der Waals surface area contributed by atoms with Crippen LogP contribution in [0.2, 0.25) is 0 Å². The van der Waals surface area contributed by atoms with E-state index in [0.717, 1.165) is 144 Å². The molecule has 14 aromatic carbocycles. The van der Waals surface area contributed by atoms with Crippen LogP contribution in [0.15, 0.2) is 340 Å². The van der Waals surface area contributed by atoms with Crippen molar-refractivity contribution in [2.45, 2.75) is 0 Å². The first-order valence-electron chi connectivity index (χ1n) is 31.4. The molecule has 6 heteroatoms. The number of para-hydroxylation sites is 2. The van der Waals surface area contributed by atoms with Crippen LogP contribution in [0.5, 0.6) is 0 Å². The average Bonchev–Trinajstić information content (AvgIpc) is 1.38. The second-order valence-electron chi connectivity index (χ2n) is 23.7. The number of rotatable bonds is 12. The largest absolute Gasteiger partial charge is 0.310 e. The van der Waals surface area contributed by atoms with Crippen LogP contribution in [-0.2, 0) is 0 Å². The van der Waals surface area contributed by atoms with Crippen LogP contribution >= 0.6 is 0 Å². The van der Waals surface area contributed by atoms with Crippen molar-refractivity contribution >= 4 is 110 Å². The molecule has 0 unspecified atom stereocenters. The lowest BCUT2D eigenvalue weighted by molar-refractivity contribution is 1.13. The van der Waals surface area contributed by atoms with Crippen LogP contribution in [-0.4, -0.2) is 19.1 Å². The van der Waals surface area contributed by atoms with Crippen molar-refractivity contribution in [1.29, 1.82) is 0 Å². The Labute approximate surface area is 532 Å². The van der Waals surface area contributed by atoms with Crippen molar-refractivity contribution in [3.05, 3.63) is 340 Å². The summed E-state index contributed by atoms with van der Waals surface area (Å²) in [7, 11) is 0. The van der Waals surface area contributed by atoms with Gasteiger partial charge in [-0.15, -0.1) is 0 Å². The molecule has 18 rings (SSSR count). The maximum absolute atomic E-state index is 4.95. The Balaban J connectivity index is 0.885. The van der Waals surface area contributed by atoms with Gasteiger partial charge in [0, 0.05) is 90.0 Å². The fraction of sp³-hybridized carbons (Fsp3) is 0. The van der Waals surface area contributed by atoms with Gasteiger partial charge < -0.3 is 18.9 Å². The molecule has 0 saturated heterocycles. The van der Waals surface area contributed by atoms with Crippen molar-refractivity contribution in [2.24, 2.45) is 0 Å². The van der Waals surface area contributed by atoms with Crippen LogP contribution < -0.4 is 9.80 Å². The Hall–Kier alpha value is -12.4. The van der Waals surface area contributed by atoms with Gasteiger partial charge in [0.15, 0.2) is 0 Å². The third-order valence-corrected chi connectivity index (χ3v) is 18.5. The highest BCUT2D eigenvalue weighted by Gasteiger charge is 2.28. The molecule has 430 valence electrons. The fourth-order valence-electron chi connectivity index (χ4n) is 14.5. The summed E-state index contributed by atoms with van der Waals surface area (Å²) in [6.45, 7) is 0. The number of hydrogen-bond acceptors (Lipinski definition) is 4. The predicted octanol–water partition coefficient (Wildman–Crippen LogP) is 23.2. The van der Waals surface area contributed by atoms with Crippen molar-refractivity contribution in [1.82, 2.24) is 19.1 Å². The van der Waals surface area contributed by atoms with E-state index in [1.807, 2.05) is 24.5 Å². The number of hydrogen-bond donors (Lipinski definition) is 0. The second kappa shape index (κ2) is 21.7. The third-order valence-electron chi connectivity index (χ3n) is 18.5. The summed E-state index contributed by atoms with van der Waals surface area (Å²) in [5, 5.41) is 11.5. The summed E-state index contributed by atoms with van der Waals surface area (Å²) in [5.41, 5.74) is 21.7. The van der Waals surface area contributed by atoms with E-state index in [-0.39, 0.29) is 0 Å². The normalized spacial score (nSPS) is 11.7. The lowest BCUT2D eigenvalue weighted by atomic mass is 9.91. The monoisotopic (exact) mass is 1170 g/mol. The lowest BCUT2D eigenvalue weighted by Gasteiger charge is -2.29. The molecule has 0 radical (unpaired) electrons. The highest BCUT2D eigenvalue weighted by Crippen LogP contribution is 2.52. The molecule has 0 spiro atoms. The van der Waals surface area contributed by atoms with E-state index in [2.05, 4.69) is 334 Å². The highest BCUT2D eigenvalue weighted by atomic mass is 15.2. The van der Waals surface area contributed by atoms with E-state index in [1.165, 1.54) is 21.9 Å². The fourth-order valence-corrected chi connectivity index (χ4v) is 14.5. The lowest BCUT2D eigenvalue weighted by Crippen LogP contribution is -2.12. The minimum absolute atomic E-state index is 0.926. The summed E-state index contributed by atoms with van der Waals surface area (Å²) < 4.78 is 4.92. The molecule has 0 atom stereocenters.